The van der Waals surface area contributed by atoms with Crippen LogP contribution in [0.2, 0.25) is 0 Å². The summed E-state index contributed by atoms with van der Waals surface area (Å²) in [6.45, 7) is 6.87. The van der Waals surface area contributed by atoms with Gasteiger partial charge in [-0.05, 0) is 31.2 Å². The van der Waals surface area contributed by atoms with Crippen LogP contribution in [0.1, 0.15) is 76.6 Å². The van der Waals surface area contributed by atoms with E-state index in [1.54, 1.807) is 0 Å². The molecule has 0 bridgehead atoms. The van der Waals surface area contributed by atoms with Gasteiger partial charge in [-0.15, -0.1) is 0 Å². The van der Waals surface area contributed by atoms with Crippen LogP contribution in [-0.4, -0.2) is 4.57 Å². The smallest absolute Gasteiger partial charge is 0.234 e. The Hall–Kier alpha value is -1.57. The highest BCUT2D eigenvalue weighted by Gasteiger charge is 2.17. The van der Waals surface area contributed by atoms with Crippen LogP contribution in [0.3, 0.4) is 0 Å². The molecule has 0 aliphatic rings. The highest BCUT2D eigenvalue weighted by molar-refractivity contribution is 5.18. The lowest BCUT2D eigenvalue weighted by atomic mass is 10.1. The number of imidazole rings is 1. The Bertz CT molecular complexity index is 527. The minimum atomic E-state index is 1.04. The minimum Gasteiger partial charge on any atom is -0.234 e. The first-order valence-electron chi connectivity index (χ1n) is 9.96. The van der Waals surface area contributed by atoms with Crippen molar-refractivity contribution in [2.45, 2.75) is 84.7 Å². The Balaban J connectivity index is 2.03. The predicted octanol–water partition coefficient (Wildman–Crippen LogP) is 5.53. The average molecular weight is 328 g/mol. The highest BCUT2D eigenvalue weighted by Crippen LogP contribution is 2.10. The second-order valence-corrected chi connectivity index (χ2v) is 6.88. The van der Waals surface area contributed by atoms with Crippen molar-refractivity contribution < 1.29 is 4.57 Å². The SMILES string of the molecule is CCCCCCn1cc[n+](CCCCCC)c1Cc1ccccc1. The van der Waals surface area contributed by atoms with Gasteiger partial charge in [0.2, 0.25) is 0 Å². The zero-order valence-corrected chi connectivity index (χ0v) is 15.7. The molecule has 1 heterocycles. The van der Waals surface area contributed by atoms with Crippen molar-refractivity contribution in [2.75, 3.05) is 0 Å². The van der Waals surface area contributed by atoms with Crippen molar-refractivity contribution in [1.82, 2.24) is 4.57 Å². The van der Waals surface area contributed by atoms with Gasteiger partial charge in [-0.2, -0.15) is 0 Å². The molecular formula is C22H35N2+. The Morgan fingerprint density at radius 3 is 2.25 bits per heavy atom. The molecule has 0 atom stereocenters. The molecule has 1 aromatic carbocycles. The topological polar surface area (TPSA) is 8.81 Å². The summed E-state index contributed by atoms with van der Waals surface area (Å²) in [5, 5.41) is 0. The molecular weight excluding hydrogens is 292 g/mol. The third-order valence-electron chi connectivity index (χ3n) is 4.80. The monoisotopic (exact) mass is 327 g/mol. The zero-order valence-electron chi connectivity index (χ0n) is 15.7. The van der Waals surface area contributed by atoms with Crippen LogP contribution in [-0.2, 0) is 19.5 Å². The molecule has 0 radical (unpaired) electrons. The summed E-state index contributed by atoms with van der Waals surface area (Å²) < 4.78 is 4.98. The molecule has 0 spiro atoms. The summed E-state index contributed by atoms with van der Waals surface area (Å²) in [5.74, 6) is 1.47. The quantitative estimate of drug-likeness (QED) is 0.358. The predicted molar refractivity (Wildman–Crippen MR) is 102 cm³/mol. The van der Waals surface area contributed by atoms with Crippen LogP contribution in [0.4, 0.5) is 0 Å². The highest BCUT2D eigenvalue weighted by atomic mass is 15.1. The van der Waals surface area contributed by atoms with E-state index in [4.69, 9.17) is 0 Å². The molecule has 0 amide bonds. The Morgan fingerprint density at radius 2 is 1.54 bits per heavy atom. The first kappa shape index (κ1) is 18.8. The van der Waals surface area contributed by atoms with E-state index in [0.29, 0.717) is 0 Å². The number of nitrogens with zero attached hydrogens (tertiary/aromatic N) is 2. The molecule has 132 valence electrons. The van der Waals surface area contributed by atoms with Crippen molar-refractivity contribution in [3.63, 3.8) is 0 Å². The van der Waals surface area contributed by atoms with Crippen LogP contribution in [0.15, 0.2) is 42.7 Å². The number of unbranched alkanes of at least 4 members (excludes halogenated alkanes) is 6. The van der Waals surface area contributed by atoms with Crippen molar-refractivity contribution in [1.29, 1.82) is 0 Å². The fourth-order valence-electron chi connectivity index (χ4n) is 3.30. The van der Waals surface area contributed by atoms with Gasteiger partial charge in [0.15, 0.2) is 0 Å². The van der Waals surface area contributed by atoms with Gasteiger partial charge < -0.3 is 0 Å². The maximum Gasteiger partial charge on any atom is 0.260 e. The molecule has 24 heavy (non-hydrogen) atoms. The van der Waals surface area contributed by atoms with E-state index < -0.39 is 0 Å². The van der Waals surface area contributed by atoms with Gasteiger partial charge in [0.25, 0.3) is 5.82 Å². The molecule has 0 fully saturated rings. The normalized spacial score (nSPS) is 11.1. The third-order valence-corrected chi connectivity index (χ3v) is 4.80. The molecule has 2 heteroatoms. The lowest BCUT2D eigenvalue weighted by molar-refractivity contribution is -0.703. The van der Waals surface area contributed by atoms with E-state index >= 15 is 0 Å². The number of hydrogen-bond donors (Lipinski definition) is 0. The van der Waals surface area contributed by atoms with Gasteiger partial charge in [-0.3, -0.25) is 0 Å². The number of aryl methyl sites for hydroxylation is 2. The molecule has 0 saturated heterocycles. The number of hydrogen-bond acceptors (Lipinski definition) is 0. The molecule has 0 unspecified atom stereocenters. The largest absolute Gasteiger partial charge is 0.260 e. The number of benzene rings is 1. The third kappa shape index (κ3) is 6.14. The fraction of sp³-hybridized carbons (Fsp3) is 0.591. The summed E-state index contributed by atoms with van der Waals surface area (Å²) in [4.78, 5) is 0. The Morgan fingerprint density at radius 1 is 0.833 bits per heavy atom. The lowest BCUT2D eigenvalue weighted by Crippen LogP contribution is -2.37. The molecule has 0 saturated carbocycles. The van der Waals surface area contributed by atoms with Crippen LogP contribution in [0.25, 0.3) is 0 Å². The summed E-state index contributed by atoms with van der Waals surface area (Å²) in [7, 11) is 0. The minimum absolute atomic E-state index is 1.04. The van der Waals surface area contributed by atoms with E-state index in [9.17, 15) is 0 Å². The number of rotatable bonds is 12. The molecule has 0 aliphatic heterocycles. The maximum atomic E-state index is 2.49. The van der Waals surface area contributed by atoms with Crippen molar-refractivity contribution in [2.24, 2.45) is 0 Å². The van der Waals surface area contributed by atoms with Gasteiger partial charge >= 0.3 is 0 Å². The van der Waals surface area contributed by atoms with Gasteiger partial charge in [-0.25, -0.2) is 9.13 Å². The molecule has 1 aromatic heterocycles. The van der Waals surface area contributed by atoms with Crippen LogP contribution >= 0.6 is 0 Å². The van der Waals surface area contributed by atoms with Crippen molar-refractivity contribution in [3.8, 4) is 0 Å². The Kier molecular flexibility index (Phi) is 8.65. The molecule has 2 nitrogen and oxygen atoms in total. The zero-order chi connectivity index (χ0) is 17.0. The summed E-state index contributed by atoms with van der Waals surface area (Å²) in [6.07, 6.45) is 16.2. The van der Waals surface area contributed by atoms with E-state index in [1.807, 2.05) is 0 Å². The fourth-order valence-corrected chi connectivity index (χ4v) is 3.30. The van der Waals surface area contributed by atoms with Crippen LogP contribution < -0.4 is 4.57 Å². The molecule has 0 aliphatic carbocycles. The molecule has 0 N–H and O–H groups in total. The summed E-state index contributed by atoms with van der Waals surface area (Å²) >= 11 is 0. The van der Waals surface area contributed by atoms with Crippen molar-refractivity contribution >= 4 is 0 Å². The van der Waals surface area contributed by atoms with E-state index in [2.05, 4.69) is 65.7 Å². The first-order chi connectivity index (χ1) is 11.8. The van der Waals surface area contributed by atoms with Crippen LogP contribution in [0, 0.1) is 0 Å². The van der Waals surface area contributed by atoms with Gasteiger partial charge in [0.05, 0.1) is 19.5 Å². The van der Waals surface area contributed by atoms with E-state index in [1.165, 1.54) is 62.8 Å². The maximum absolute atomic E-state index is 2.49. The lowest BCUT2D eigenvalue weighted by Gasteiger charge is -2.06. The van der Waals surface area contributed by atoms with E-state index in [-0.39, 0.29) is 0 Å². The van der Waals surface area contributed by atoms with Crippen LogP contribution in [0.5, 0.6) is 0 Å². The average Bonchev–Trinajstić information content (AvgIpc) is 2.98. The standard InChI is InChI=1S/C22H35N2/c1-3-5-7-12-16-23-18-19-24(17-13-8-6-4-2)22(23)20-21-14-10-9-11-15-21/h9-11,14-15,18-19H,3-8,12-13,16-17,20H2,1-2H3/q+1. The second-order valence-electron chi connectivity index (χ2n) is 6.88. The Labute approximate surface area is 148 Å². The second kappa shape index (κ2) is 11.1. The van der Waals surface area contributed by atoms with Gasteiger partial charge in [-0.1, -0.05) is 69.9 Å². The first-order valence-corrected chi connectivity index (χ1v) is 9.96. The van der Waals surface area contributed by atoms with Gasteiger partial charge in [0.1, 0.15) is 12.4 Å². The van der Waals surface area contributed by atoms with Gasteiger partial charge in [0, 0.05) is 0 Å². The summed E-state index contributed by atoms with van der Waals surface area (Å²) in [5.41, 5.74) is 1.41. The number of aromatic nitrogens is 2. The molecule has 2 rings (SSSR count). The summed E-state index contributed by atoms with van der Waals surface area (Å²) in [6, 6.07) is 10.9. The van der Waals surface area contributed by atoms with Crippen molar-refractivity contribution in [3.05, 3.63) is 54.1 Å². The molecule has 2 aromatic rings. The van der Waals surface area contributed by atoms with E-state index in [0.717, 1.165) is 19.5 Å².